The van der Waals surface area contributed by atoms with E-state index in [4.69, 9.17) is 11.6 Å². The third-order valence-electron chi connectivity index (χ3n) is 4.22. The number of piperidine rings is 1. The quantitative estimate of drug-likeness (QED) is 0.784. The zero-order chi connectivity index (χ0) is 17.6. The zero-order valence-electron chi connectivity index (χ0n) is 13.7. The minimum atomic E-state index is -0.311. The predicted molar refractivity (Wildman–Crippen MR) is 100 cm³/mol. The van der Waals surface area contributed by atoms with Crippen molar-refractivity contribution in [2.24, 2.45) is 5.92 Å². The van der Waals surface area contributed by atoms with E-state index in [-0.39, 0.29) is 17.7 Å². The third kappa shape index (κ3) is 4.59. The van der Waals surface area contributed by atoms with E-state index in [0.717, 1.165) is 25.9 Å². The lowest BCUT2D eigenvalue weighted by Gasteiger charge is -2.22. The van der Waals surface area contributed by atoms with Gasteiger partial charge in [-0.2, -0.15) is 0 Å². The van der Waals surface area contributed by atoms with Crippen LogP contribution in [0, 0.1) is 5.92 Å². The molecule has 2 aromatic carbocycles. The first kappa shape index (κ1) is 17.5. The van der Waals surface area contributed by atoms with Gasteiger partial charge in [0.15, 0.2) is 0 Å². The Kier molecular flexibility index (Phi) is 5.68. The summed E-state index contributed by atoms with van der Waals surface area (Å²) in [4.78, 5) is 24.8. The van der Waals surface area contributed by atoms with Gasteiger partial charge in [0.05, 0.1) is 10.6 Å². The number of carbonyl (C=O) groups is 2. The van der Waals surface area contributed by atoms with Gasteiger partial charge in [0, 0.05) is 17.3 Å². The molecule has 3 rings (SSSR count). The third-order valence-corrected chi connectivity index (χ3v) is 4.55. The lowest BCUT2D eigenvalue weighted by molar-refractivity contribution is -0.120. The van der Waals surface area contributed by atoms with E-state index >= 15 is 0 Å². The normalized spacial score (nSPS) is 14.8. The SMILES string of the molecule is O=C(Nc1ccccc1)c1cc(NC(=O)C2CCNCC2)ccc1Cl. The molecule has 0 radical (unpaired) electrons. The number of carbonyl (C=O) groups excluding carboxylic acids is 2. The number of benzene rings is 2. The Bertz CT molecular complexity index is 759. The van der Waals surface area contributed by atoms with Crippen molar-refractivity contribution in [2.75, 3.05) is 23.7 Å². The lowest BCUT2D eigenvalue weighted by Crippen LogP contribution is -2.34. The van der Waals surface area contributed by atoms with E-state index < -0.39 is 0 Å². The monoisotopic (exact) mass is 357 g/mol. The summed E-state index contributed by atoms with van der Waals surface area (Å²) in [6, 6.07) is 14.1. The second-order valence-corrected chi connectivity index (χ2v) is 6.44. The predicted octanol–water partition coefficient (Wildman–Crippen LogP) is 3.53. The minimum absolute atomic E-state index is 0.00137. The molecule has 0 bridgehead atoms. The largest absolute Gasteiger partial charge is 0.326 e. The molecule has 5 nitrogen and oxygen atoms in total. The number of amides is 2. The number of anilines is 2. The Morgan fingerprint density at radius 2 is 1.68 bits per heavy atom. The average Bonchev–Trinajstić information content (AvgIpc) is 2.64. The molecule has 3 N–H and O–H groups in total. The molecule has 0 spiro atoms. The van der Waals surface area contributed by atoms with Gasteiger partial charge in [-0.3, -0.25) is 9.59 Å². The van der Waals surface area contributed by atoms with E-state index in [2.05, 4.69) is 16.0 Å². The van der Waals surface area contributed by atoms with Crippen LogP contribution in [0.25, 0.3) is 0 Å². The summed E-state index contributed by atoms with van der Waals surface area (Å²) in [6.07, 6.45) is 1.64. The number of rotatable bonds is 4. The fourth-order valence-corrected chi connectivity index (χ4v) is 3.03. The van der Waals surface area contributed by atoms with Crippen molar-refractivity contribution in [3.8, 4) is 0 Å². The molecule has 0 aromatic heterocycles. The van der Waals surface area contributed by atoms with Crippen LogP contribution in [-0.2, 0) is 4.79 Å². The number of hydrogen-bond donors (Lipinski definition) is 3. The number of hydrogen-bond acceptors (Lipinski definition) is 3. The molecule has 1 fully saturated rings. The summed E-state index contributed by atoms with van der Waals surface area (Å²) >= 11 is 6.16. The molecule has 0 atom stereocenters. The average molecular weight is 358 g/mol. The van der Waals surface area contributed by atoms with Crippen LogP contribution in [0.5, 0.6) is 0 Å². The Morgan fingerprint density at radius 3 is 2.40 bits per heavy atom. The van der Waals surface area contributed by atoms with E-state index in [1.165, 1.54) is 0 Å². The first-order valence-corrected chi connectivity index (χ1v) is 8.69. The highest BCUT2D eigenvalue weighted by molar-refractivity contribution is 6.34. The van der Waals surface area contributed by atoms with Crippen LogP contribution < -0.4 is 16.0 Å². The Hall–Kier alpha value is -2.37. The fourth-order valence-electron chi connectivity index (χ4n) is 2.83. The highest BCUT2D eigenvalue weighted by Gasteiger charge is 2.21. The van der Waals surface area contributed by atoms with Crippen molar-refractivity contribution in [1.29, 1.82) is 0 Å². The van der Waals surface area contributed by atoms with Gasteiger partial charge in [0.25, 0.3) is 5.91 Å². The maximum Gasteiger partial charge on any atom is 0.257 e. The Morgan fingerprint density at radius 1 is 0.960 bits per heavy atom. The highest BCUT2D eigenvalue weighted by atomic mass is 35.5. The first-order valence-electron chi connectivity index (χ1n) is 8.31. The van der Waals surface area contributed by atoms with Crippen LogP contribution >= 0.6 is 11.6 Å². The molecule has 0 aliphatic carbocycles. The van der Waals surface area contributed by atoms with Gasteiger partial charge in [-0.1, -0.05) is 29.8 Å². The maximum atomic E-state index is 12.5. The minimum Gasteiger partial charge on any atom is -0.326 e. The highest BCUT2D eigenvalue weighted by Crippen LogP contribution is 2.23. The van der Waals surface area contributed by atoms with Gasteiger partial charge in [0.1, 0.15) is 0 Å². The summed E-state index contributed by atoms with van der Waals surface area (Å²) in [5, 5.41) is 9.27. The van der Waals surface area contributed by atoms with Gasteiger partial charge >= 0.3 is 0 Å². The molecule has 0 saturated carbocycles. The van der Waals surface area contributed by atoms with E-state index in [1.54, 1.807) is 30.3 Å². The van der Waals surface area contributed by atoms with Crippen LogP contribution in [0.2, 0.25) is 5.02 Å². The molecule has 25 heavy (non-hydrogen) atoms. The first-order chi connectivity index (χ1) is 12.1. The van der Waals surface area contributed by atoms with Crippen LogP contribution in [0.15, 0.2) is 48.5 Å². The van der Waals surface area contributed by atoms with Gasteiger partial charge in [-0.25, -0.2) is 0 Å². The lowest BCUT2D eigenvalue weighted by atomic mass is 9.97. The Balaban J connectivity index is 1.71. The standard InChI is InChI=1S/C19H20ClN3O2/c20-17-7-6-15(23-18(24)13-8-10-21-11-9-13)12-16(17)19(25)22-14-4-2-1-3-5-14/h1-7,12-13,21H,8-11H2,(H,22,25)(H,23,24). The topological polar surface area (TPSA) is 70.2 Å². The molecular formula is C19H20ClN3O2. The second-order valence-electron chi connectivity index (χ2n) is 6.03. The molecule has 1 saturated heterocycles. The maximum absolute atomic E-state index is 12.5. The van der Waals surface area contributed by atoms with E-state index in [0.29, 0.717) is 22.0 Å². The summed E-state index contributed by atoms with van der Waals surface area (Å²) in [6.45, 7) is 1.70. The van der Waals surface area contributed by atoms with Crippen molar-refractivity contribution < 1.29 is 9.59 Å². The van der Waals surface area contributed by atoms with E-state index in [1.807, 2.05) is 18.2 Å². The molecule has 6 heteroatoms. The number of halogens is 1. The van der Waals surface area contributed by atoms with Crippen molar-refractivity contribution in [2.45, 2.75) is 12.8 Å². The number of nitrogens with one attached hydrogen (secondary N) is 3. The van der Waals surface area contributed by atoms with Gasteiger partial charge in [-0.15, -0.1) is 0 Å². The second kappa shape index (κ2) is 8.14. The van der Waals surface area contributed by atoms with Crippen molar-refractivity contribution >= 4 is 34.8 Å². The van der Waals surface area contributed by atoms with Gasteiger partial charge in [-0.05, 0) is 56.3 Å². The molecule has 1 aliphatic heterocycles. The molecule has 130 valence electrons. The molecular weight excluding hydrogens is 338 g/mol. The van der Waals surface area contributed by atoms with Gasteiger partial charge < -0.3 is 16.0 Å². The van der Waals surface area contributed by atoms with Crippen molar-refractivity contribution in [1.82, 2.24) is 5.32 Å². The van der Waals surface area contributed by atoms with Crippen LogP contribution in [-0.4, -0.2) is 24.9 Å². The van der Waals surface area contributed by atoms with E-state index in [9.17, 15) is 9.59 Å². The van der Waals surface area contributed by atoms with Gasteiger partial charge in [0.2, 0.25) is 5.91 Å². The molecule has 2 aromatic rings. The zero-order valence-corrected chi connectivity index (χ0v) is 14.5. The summed E-state index contributed by atoms with van der Waals surface area (Å²) in [7, 11) is 0. The summed E-state index contributed by atoms with van der Waals surface area (Å²) in [5.74, 6) is -0.328. The van der Waals surface area contributed by atoms with Crippen LogP contribution in [0.1, 0.15) is 23.2 Å². The van der Waals surface area contributed by atoms with Crippen LogP contribution in [0.3, 0.4) is 0 Å². The fraction of sp³-hybridized carbons (Fsp3) is 0.263. The smallest absolute Gasteiger partial charge is 0.257 e. The molecule has 0 unspecified atom stereocenters. The van der Waals surface area contributed by atoms with Crippen molar-refractivity contribution in [3.05, 3.63) is 59.1 Å². The summed E-state index contributed by atoms with van der Waals surface area (Å²) < 4.78 is 0. The Labute approximate surface area is 151 Å². The number of para-hydroxylation sites is 1. The molecule has 1 aliphatic rings. The van der Waals surface area contributed by atoms with Crippen LogP contribution in [0.4, 0.5) is 11.4 Å². The molecule has 1 heterocycles. The van der Waals surface area contributed by atoms with Crippen molar-refractivity contribution in [3.63, 3.8) is 0 Å². The summed E-state index contributed by atoms with van der Waals surface area (Å²) in [5.41, 5.74) is 1.59. The molecule has 2 amide bonds.